The van der Waals surface area contributed by atoms with Gasteiger partial charge in [-0.25, -0.2) is 0 Å². The zero-order chi connectivity index (χ0) is 22.0. The number of carbonyl (C=O) groups is 1. The summed E-state index contributed by atoms with van der Waals surface area (Å²) >= 11 is 0. The summed E-state index contributed by atoms with van der Waals surface area (Å²) in [5.41, 5.74) is 1.57. The molecule has 0 heterocycles. The molecule has 0 unspecified atom stereocenters. The van der Waals surface area contributed by atoms with Crippen LogP contribution in [-0.2, 0) is 11.3 Å². The minimum atomic E-state index is -4.36. The number of ether oxygens (including phenoxy) is 2. The molecule has 0 aromatic heterocycles. The van der Waals surface area contributed by atoms with E-state index in [2.05, 4.69) is 28.8 Å². The maximum atomic E-state index is 12.3. The molecule has 5 nitrogen and oxygen atoms in total. The number of hydrogen-bond acceptors (Lipinski definition) is 4. The SMILES string of the molecule is CCN(CC)CCOc1ccc(NC(=O)c2ccc(COCC(F)(F)F)cc2)cc1. The van der Waals surface area contributed by atoms with E-state index in [0.29, 0.717) is 23.4 Å². The molecule has 0 fully saturated rings. The number of amides is 1. The molecule has 0 saturated carbocycles. The Morgan fingerprint density at radius 2 is 1.63 bits per heavy atom. The predicted molar refractivity (Wildman–Crippen MR) is 110 cm³/mol. The fourth-order valence-electron chi connectivity index (χ4n) is 2.71. The van der Waals surface area contributed by atoms with Crippen LogP contribution in [0.4, 0.5) is 18.9 Å². The summed E-state index contributed by atoms with van der Waals surface area (Å²) in [5, 5.41) is 2.78. The fourth-order valence-corrected chi connectivity index (χ4v) is 2.71. The third-order valence-electron chi connectivity index (χ3n) is 4.43. The van der Waals surface area contributed by atoms with E-state index in [0.717, 1.165) is 25.4 Å². The standard InChI is InChI=1S/C22H27F3N2O3/c1-3-27(4-2)13-14-30-20-11-9-19(10-12-20)26-21(28)18-7-5-17(6-8-18)15-29-16-22(23,24)25/h5-12H,3-4,13-16H2,1-2H3,(H,26,28). The van der Waals surface area contributed by atoms with Crippen LogP contribution in [0.2, 0.25) is 0 Å². The number of rotatable bonds is 11. The lowest BCUT2D eigenvalue weighted by molar-refractivity contribution is -0.176. The number of nitrogens with zero attached hydrogens (tertiary/aromatic N) is 1. The van der Waals surface area contributed by atoms with E-state index in [1.54, 1.807) is 48.5 Å². The van der Waals surface area contributed by atoms with Gasteiger partial charge in [0, 0.05) is 17.8 Å². The van der Waals surface area contributed by atoms with E-state index in [-0.39, 0.29) is 12.5 Å². The summed E-state index contributed by atoms with van der Waals surface area (Å²) in [7, 11) is 0. The number of anilines is 1. The Hall–Kier alpha value is -2.58. The summed E-state index contributed by atoms with van der Waals surface area (Å²) < 4.78 is 46.6. The second-order valence-corrected chi connectivity index (χ2v) is 6.66. The van der Waals surface area contributed by atoms with E-state index in [1.165, 1.54) is 0 Å². The Bertz CT molecular complexity index is 774. The molecule has 164 valence electrons. The number of carbonyl (C=O) groups excluding carboxylic acids is 1. The topological polar surface area (TPSA) is 50.8 Å². The van der Waals surface area contributed by atoms with E-state index in [4.69, 9.17) is 4.74 Å². The van der Waals surface area contributed by atoms with Gasteiger partial charge in [-0.2, -0.15) is 13.2 Å². The molecule has 0 aliphatic heterocycles. The molecule has 0 aliphatic carbocycles. The van der Waals surface area contributed by atoms with Gasteiger partial charge in [0.2, 0.25) is 0 Å². The first-order chi connectivity index (χ1) is 14.3. The average molecular weight is 424 g/mol. The minimum absolute atomic E-state index is 0.170. The Morgan fingerprint density at radius 3 is 2.20 bits per heavy atom. The normalized spacial score (nSPS) is 11.5. The molecule has 0 bridgehead atoms. The van der Waals surface area contributed by atoms with Crippen LogP contribution in [0.5, 0.6) is 5.75 Å². The van der Waals surface area contributed by atoms with E-state index < -0.39 is 12.8 Å². The number of alkyl halides is 3. The van der Waals surface area contributed by atoms with Gasteiger partial charge in [0.25, 0.3) is 5.91 Å². The van der Waals surface area contributed by atoms with E-state index >= 15 is 0 Å². The van der Waals surface area contributed by atoms with Crippen LogP contribution in [0.25, 0.3) is 0 Å². The average Bonchev–Trinajstić information content (AvgIpc) is 2.72. The highest BCUT2D eigenvalue weighted by Crippen LogP contribution is 2.18. The van der Waals surface area contributed by atoms with Crippen molar-refractivity contribution in [1.82, 2.24) is 4.90 Å². The number of nitrogens with one attached hydrogen (secondary N) is 1. The van der Waals surface area contributed by atoms with Gasteiger partial charge in [0.15, 0.2) is 0 Å². The van der Waals surface area contributed by atoms with Crippen LogP contribution < -0.4 is 10.1 Å². The molecule has 0 radical (unpaired) electrons. The van der Waals surface area contributed by atoms with Crippen molar-refractivity contribution in [3.8, 4) is 5.75 Å². The molecule has 2 aromatic rings. The van der Waals surface area contributed by atoms with Gasteiger partial charge in [-0.05, 0) is 55.1 Å². The molecule has 30 heavy (non-hydrogen) atoms. The van der Waals surface area contributed by atoms with Crippen molar-refractivity contribution in [2.75, 3.05) is 38.2 Å². The first-order valence-electron chi connectivity index (χ1n) is 9.80. The summed E-state index contributed by atoms with van der Waals surface area (Å²) in [6, 6.07) is 13.3. The Balaban J connectivity index is 1.81. The largest absolute Gasteiger partial charge is 0.492 e. The molecular weight excluding hydrogens is 397 g/mol. The second-order valence-electron chi connectivity index (χ2n) is 6.66. The third kappa shape index (κ3) is 8.42. The van der Waals surface area contributed by atoms with Crippen molar-refractivity contribution in [3.63, 3.8) is 0 Å². The molecule has 2 rings (SSSR count). The number of likely N-dealkylation sites (N-methyl/N-ethyl adjacent to an activating group) is 1. The quantitative estimate of drug-likeness (QED) is 0.566. The maximum absolute atomic E-state index is 12.3. The molecule has 0 spiro atoms. The molecule has 0 aliphatic rings. The van der Waals surface area contributed by atoms with Gasteiger partial charge in [-0.3, -0.25) is 4.79 Å². The van der Waals surface area contributed by atoms with Crippen LogP contribution in [0, 0.1) is 0 Å². The monoisotopic (exact) mass is 424 g/mol. The van der Waals surface area contributed by atoms with Crippen LogP contribution in [0.15, 0.2) is 48.5 Å². The highest BCUT2D eigenvalue weighted by molar-refractivity contribution is 6.04. The zero-order valence-corrected chi connectivity index (χ0v) is 17.2. The number of halogens is 3. The summed E-state index contributed by atoms with van der Waals surface area (Å²) in [5.74, 6) is 0.413. The molecular formula is C22H27F3N2O3. The Morgan fingerprint density at radius 1 is 1.00 bits per heavy atom. The lowest BCUT2D eigenvalue weighted by atomic mass is 10.1. The van der Waals surface area contributed by atoms with Gasteiger partial charge in [0.1, 0.15) is 19.0 Å². The molecule has 2 aromatic carbocycles. The highest BCUT2D eigenvalue weighted by atomic mass is 19.4. The lowest BCUT2D eigenvalue weighted by Gasteiger charge is -2.18. The van der Waals surface area contributed by atoms with E-state index in [1.807, 2.05) is 0 Å². The molecule has 1 N–H and O–H groups in total. The second kappa shape index (κ2) is 11.6. The van der Waals surface area contributed by atoms with Crippen molar-refractivity contribution < 1.29 is 27.4 Å². The Kier molecular flexibility index (Phi) is 9.14. The van der Waals surface area contributed by atoms with Gasteiger partial charge in [0.05, 0.1) is 6.61 Å². The summed E-state index contributed by atoms with van der Waals surface area (Å²) in [6.45, 7) is 6.14. The molecule has 8 heteroatoms. The Labute approximate surface area is 174 Å². The molecule has 0 saturated heterocycles. The highest BCUT2D eigenvalue weighted by Gasteiger charge is 2.27. The number of hydrogen-bond donors (Lipinski definition) is 1. The third-order valence-corrected chi connectivity index (χ3v) is 4.43. The van der Waals surface area contributed by atoms with Gasteiger partial charge < -0.3 is 19.7 Å². The van der Waals surface area contributed by atoms with Crippen molar-refractivity contribution in [3.05, 3.63) is 59.7 Å². The lowest BCUT2D eigenvalue weighted by Crippen LogP contribution is -2.27. The smallest absolute Gasteiger partial charge is 0.411 e. The van der Waals surface area contributed by atoms with Crippen LogP contribution in [-0.4, -0.2) is 49.8 Å². The molecule has 0 atom stereocenters. The van der Waals surface area contributed by atoms with Crippen LogP contribution >= 0.6 is 0 Å². The zero-order valence-electron chi connectivity index (χ0n) is 17.2. The molecule has 1 amide bonds. The maximum Gasteiger partial charge on any atom is 0.411 e. The number of benzene rings is 2. The van der Waals surface area contributed by atoms with E-state index in [9.17, 15) is 18.0 Å². The summed E-state index contributed by atoms with van der Waals surface area (Å²) in [6.07, 6.45) is -4.36. The fraction of sp³-hybridized carbons (Fsp3) is 0.409. The van der Waals surface area contributed by atoms with Crippen molar-refractivity contribution in [2.45, 2.75) is 26.6 Å². The van der Waals surface area contributed by atoms with Crippen molar-refractivity contribution >= 4 is 11.6 Å². The van der Waals surface area contributed by atoms with Gasteiger partial charge >= 0.3 is 6.18 Å². The first-order valence-corrected chi connectivity index (χ1v) is 9.80. The van der Waals surface area contributed by atoms with Gasteiger partial charge in [-0.1, -0.05) is 26.0 Å². The minimum Gasteiger partial charge on any atom is -0.492 e. The predicted octanol–water partition coefficient (Wildman–Crippen LogP) is 4.74. The first kappa shape index (κ1) is 23.7. The van der Waals surface area contributed by atoms with Crippen LogP contribution in [0.3, 0.4) is 0 Å². The summed E-state index contributed by atoms with van der Waals surface area (Å²) in [4.78, 5) is 14.6. The van der Waals surface area contributed by atoms with Crippen LogP contribution in [0.1, 0.15) is 29.8 Å². The van der Waals surface area contributed by atoms with Crippen molar-refractivity contribution in [2.24, 2.45) is 0 Å². The van der Waals surface area contributed by atoms with Crippen molar-refractivity contribution in [1.29, 1.82) is 0 Å². The van der Waals surface area contributed by atoms with Gasteiger partial charge in [-0.15, -0.1) is 0 Å².